The minimum Gasteiger partial charge on any atom is -1.00 e. The summed E-state index contributed by atoms with van der Waals surface area (Å²) in [7, 11) is 0. The molecule has 90 valence electrons. The minimum atomic E-state index is 0. The van der Waals surface area contributed by atoms with Crippen LogP contribution in [0.1, 0.15) is 63.7 Å². The Morgan fingerprint density at radius 3 is 2.24 bits per heavy atom. The second kappa shape index (κ2) is 11.0. The third kappa shape index (κ3) is 7.75. The molecule has 0 aromatic heterocycles. The van der Waals surface area contributed by atoms with E-state index in [0.29, 0.717) is 6.42 Å². The molecule has 0 saturated heterocycles. The first-order chi connectivity index (χ1) is 7.84. The van der Waals surface area contributed by atoms with Crippen molar-refractivity contribution in [1.29, 1.82) is 0 Å². The van der Waals surface area contributed by atoms with Crippen LogP contribution in [0.3, 0.4) is 0 Å². The van der Waals surface area contributed by atoms with Gasteiger partial charge in [0.1, 0.15) is 0 Å². The number of unbranched alkanes of at least 4 members (excludes halogenated alkanes) is 5. The van der Waals surface area contributed by atoms with Crippen LogP contribution < -0.4 is 29.6 Å². The maximum atomic E-state index is 11.7. The van der Waals surface area contributed by atoms with Crippen LogP contribution in [0.2, 0.25) is 0 Å². The Labute approximate surface area is 129 Å². The number of hydrogen-bond donors (Lipinski definition) is 0. The molecule has 1 aromatic rings. The fraction of sp³-hybridized carbons (Fsp3) is 0.533. The van der Waals surface area contributed by atoms with E-state index < -0.39 is 0 Å². The van der Waals surface area contributed by atoms with Gasteiger partial charge >= 0.3 is 29.6 Å². The summed E-state index contributed by atoms with van der Waals surface area (Å²) in [6, 6.07) is 9.60. The normalized spacial score (nSPS) is 9.71. The quantitative estimate of drug-likeness (QED) is 0.385. The van der Waals surface area contributed by atoms with Crippen LogP contribution >= 0.6 is 0 Å². The van der Waals surface area contributed by atoms with Crippen molar-refractivity contribution in [3.05, 3.63) is 35.9 Å². The van der Waals surface area contributed by atoms with Crippen molar-refractivity contribution in [2.45, 2.75) is 51.9 Å². The van der Waals surface area contributed by atoms with Crippen molar-refractivity contribution in [3.63, 3.8) is 0 Å². The molecule has 1 rings (SSSR count). The van der Waals surface area contributed by atoms with Crippen LogP contribution in [-0.2, 0) is 0 Å². The molecule has 0 aliphatic rings. The number of ketones is 1. The zero-order valence-corrected chi connectivity index (χ0v) is 13.2. The van der Waals surface area contributed by atoms with E-state index in [1.54, 1.807) is 0 Å². The number of carbonyl (C=O) groups excluding carboxylic acids is 1. The van der Waals surface area contributed by atoms with Crippen molar-refractivity contribution in [2.75, 3.05) is 0 Å². The minimum absolute atomic E-state index is 0. The van der Waals surface area contributed by atoms with Gasteiger partial charge in [-0.3, -0.25) is 4.79 Å². The first kappa shape index (κ1) is 16.9. The second-order valence-corrected chi connectivity index (χ2v) is 4.31. The van der Waals surface area contributed by atoms with Crippen molar-refractivity contribution < 1.29 is 35.8 Å². The SMILES string of the molecule is CCCCCCCCC(=O)c1ccccc1.[H-].[Na+]. The predicted molar refractivity (Wildman–Crippen MR) is 69.9 cm³/mol. The molecule has 0 fully saturated rings. The predicted octanol–water partition coefficient (Wildman–Crippen LogP) is 1.74. The molecule has 0 N–H and O–H groups in total. The number of carbonyl (C=O) groups is 1. The molecule has 0 atom stereocenters. The van der Waals surface area contributed by atoms with Gasteiger partial charge in [-0.25, -0.2) is 0 Å². The third-order valence-corrected chi connectivity index (χ3v) is 2.85. The summed E-state index contributed by atoms with van der Waals surface area (Å²) < 4.78 is 0. The molecule has 2 heteroatoms. The van der Waals surface area contributed by atoms with E-state index in [1.807, 2.05) is 30.3 Å². The molecule has 0 radical (unpaired) electrons. The Bertz CT molecular complexity index is 301. The molecule has 0 aliphatic heterocycles. The van der Waals surface area contributed by atoms with E-state index in [0.717, 1.165) is 12.0 Å². The van der Waals surface area contributed by atoms with Gasteiger partial charge in [0.05, 0.1) is 0 Å². The summed E-state index contributed by atoms with van der Waals surface area (Å²) in [5.41, 5.74) is 0.857. The molecular formula is C15H23NaO. The topological polar surface area (TPSA) is 17.1 Å². The molecule has 0 amide bonds. The Morgan fingerprint density at radius 1 is 1.00 bits per heavy atom. The van der Waals surface area contributed by atoms with Crippen LogP contribution in [0.5, 0.6) is 0 Å². The van der Waals surface area contributed by atoms with Gasteiger partial charge in [-0.2, -0.15) is 0 Å². The molecule has 1 aromatic carbocycles. The standard InChI is InChI=1S/C15H22O.Na.H/c1-2-3-4-5-6-10-13-15(16)14-11-8-7-9-12-14;;/h7-9,11-12H,2-6,10,13H2,1H3;;/q;+1;-1. The van der Waals surface area contributed by atoms with Crippen LogP contribution in [0.15, 0.2) is 30.3 Å². The Hall–Kier alpha value is -0.110. The summed E-state index contributed by atoms with van der Waals surface area (Å²) in [5.74, 6) is 0.288. The zero-order chi connectivity index (χ0) is 11.6. The summed E-state index contributed by atoms with van der Waals surface area (Å²) in [5, 5.41) is 0. The molecule has 0 spiro atoms. The van der Waals surface area contributed by atoms with Gasteiger partial charge in [0, 0.05) is 12.0 Å². The average molecular weight is 242 g/mol. The molecule has 0 aliphatic carbocycles. The summed E-state index contributed by atoms with van der Waals surface area (Å²) in [6.07, 6.45) is 8.13. The van der Waals surface area contributed by atoms with Crippen LogP contribution in [0.4, 0.5) is 0 Å². The Balaban J connectivity index is 0. The maximum Gasteiger partial charge on any atom is 1.00 e. The molecule has 0 unspecified atom stereocenters. The van der Waals surface area contributed by atoms with Gasteiger partial charge in [-0.1, -0.05) is 69.4 Å². The molecular weight excluding hydrogens is 219 g/mol. The van der Waals surface area contributed by atoms with Crippen LogP contribution in [0.25, 0.3) is 0 Å². The fourth-order valence-corrected chi connectivity index (χ4v) is 1.83. The smallest absolute Gasteiger partial charge is 1.00 e. The van der Waals surface area contributed by atoms with Gasteiger partial charge in [0.15, 0.2) is 5.78 Å². The van der Waals surface area contributed by atoms with Gasteiger partial charge in [0.2, 0.25) is 0 Å². The molecule has 1 nitrogen and oxygen atoms in total. The first-order valence-electron chi connectivity index (χ1n) is 6.43. The Kier molecular flexibility index (Phi) is 10.9. The first-order valence-corrected chi connectivity index (χ1v) is 6.43. The van der Waals surface area contributed by atoms with Crippen molar-refractivity contribution in [1.82, 2.24) is 0 Å². The largest absolute Gasteiger partial charge is 1.00 e. The maximum absolute atomic E-state index is 11.7. The Morgan fingerprint density at radius 2 is 1.59 bits per heavy atom. The fourth-order valence-electron chi connectivity index (χ4n) is 1.83. The van der Waals surface area contributed by atoms with E-state index in [9.17, 15) is 4.79 Å². The van der Waals surface area contributed by atoms with Crippen molar-refractivity contribution in [2.24, 2.45) is 0 Å². The summed E-state index contributed by atoms with van der Waals surface area (Å²) in [4.78, 5) is 11.7. The van der Waals surface area contributed by atoms with Crippen molar-refractivity contribution >= 4 is 5.78 Å². The molecule has 0 saturated carbocycles. The van der Waals surface area contributed by atoms with E-state index >= 15 is 0 Å². The monoisotopic (exact) mass is 242 g/mol. The second-order valence-electron chi connectivity index (χ2n) is 4.31. The number of hydrogen-bond acceptors (Lipinski definition) is 1. The molecule has 0 bridgehead atoms. The summed E-state index contributed by atoms with van der Waals surface area (Å²) >= 11 is 0. The van der Waals surface area contributed by atoms with Gasteiger partial charge in [-0.15, -0.1) is 0 Å². The molecule has 17 heavy (non-hydrogen) atoms. The average Bonchev–Trinajstić information content (AvgIpc) is 2.34. The van der Waals surface area contributed by atoms with E-state index in [4.69, 9.17) is 0 Å². The third-order valence-electron chi connectivity index (χ3n) is 2.85. The van der Waals surface area contributed by atoms with E-state index in [-0.39, 0.29) is 36.8 Å². The van der Waals surface area contributed by atoms with Gasteiger partial charge in [0.25, 0.3) is 0 Å². The van der Waals surface area contributed by atoms with E-state index in [2.05, 4.69) is 6.92 Å². The van der Waals surface area contributed by atoms with Crippen LogP contribution in [0, 0.1) is 0 Å². The summed E-state index contributed by atoms with van der Waals surface area (Å²) in [6.45, 7) is 2.22. The number of rotatable bonds is 8. The number of benzene rings is 1. The zero-order valence-electron chi connectivity index (χ0n) is 12.2. The van der Waals surface area contributed by atoms with Crippen LogP contribution in [-0.4, -0.2) is 5.78 Å². The van der Waals surface area contributed by atoms with Gasteiger partial charge in [-0.05, 0) is 6.42 Å². The van der Waals surface area contributed by atoms with Crippen molar-refractivity contribution in [3.8, 4) is 0 Å². The molecule has 0 heterocycles. The van der Waals surface area contributed by atoms with Gasteiger partial charge < -0.3 is 1.43 Å². The number of Topliss-reactive ketones (excluding diaryl/α,β-unsaturated/α-hetero) is 1. The van der Waals surface area contributed by atoms with E-state index in [1.165, 1.54) is 32.1 Å².